The summed E-state index contributed by atoms with van der Waals surface area (Å²) < 4.78 is 29.9. The largest absolute Gasteiger partial charge is 0.438 e. The summed E-state index contributed by atoms with van der Waals surface area (Å²) in [6, 6.07) is 2.41. The van der Waals surface area contributed by atoms with Crippen LogP contribution in [0.1, 0.15) is 30.8 Å². The van der Waals surface area contributed by atoms with Gasteiger partial charge >= 0.3 is 0 Å². The molecule has 8 heteroatoms. The van der Waals surface area contributed by atoms with E-state index >= 15 is 0 Å². The van der Waals surface area contributed by atoms with E-state index < -0.39 is 27.4 Å². The van der Waals surface area contributed by atoms with Gasteiger partial charge in [-0.15, -0.1) is 0 Å². The lowest BCUT2D eigenvalue weighted by Gasteiger charge is -2.49. The molecule has 0 aromatic carbocycles. The predicted molar refractivity (Wildman–Crippen MR) is 75.2 cm³/mol. The number of nitrogens with zero attached hydrogens (tertiary/aromatic N) is 1. The molecule has 0 bridgehead atoms. The van der Waals surface area contributed by atoms with Crippen LogP contribution < -0.4 is 5.32 Å². The van der Waals surface area contributed by atoms with Crippen molar-refractivity contribution in [1.29, 1.82) is 0 Å². The summed E-state index contributed by atoms with van der Waals surface area (Å²) in [5.41, 5.74) is -0.402. The van der Waals surface area contributed by atoms with Crippen LogP contribution in [0.15, 0.2) is 21.6 Å². The van der Waals surface area contributed by atoms with Gasteiger partial charge < -0.3 is 14.8 Å². The van der Waals surface area contributed by atoms with Crippen molar-refractivity contribution in [2.24, 2.45) is 5.41 Å². The first-order valence-electron chi connectivity index (χ1n) is 6.58. The van der Waals surface area contributed by atoms with Crippen molar-refractivity contribution in [2.75, 3.05) is 14.1 Å². The SMILES string of the molecule is CN(C)S(=O)(=O)c1ccc(C(=O)NC2CC(O)C2(C)C)o1. The highest BCUT2D eigenvalue weighted by molar-refractivity contribution is 7.88. The zero-order valence-electron chi connectivity index (χ0n) is 12.5. The average molecular weight is 316 g/mol. The van der Waals surface area contributed by atoms with E-state index in [2.05, 4.69) is 5.32 Å². The number of sulfonamides is 1. The Hall–Kier alpha value is -1.38. The Morgan fingerprint density at radius 1 is 1.43 bits per heavy atom. The number of hydrogen-bond acceptors (Lipinski definition) is 5. The van der Waals surface area contributed by atoms with Crippen LogP contribution >= 0.6 is 0 Å². The van der Waals surface area contributed by atoms with Crippen molar-refractivity contribution in [1.82, 2.24) is 9.62 Å². The molecule has 0 radical (unpaired) electrons. The second-order valence-corrected chi connectivity index (χ2v) is 8.09. The maximum absolute atomic E-state index is 12.1. The number of nitrogens with one attached hydrogen (secondary N) is 1. The van der Waals surface area contributed by atoms with Crippen LogP contribution in [0, 0.1) is 5.41 Å². The molecule has 1 fully saturated rings. The number of amides is 1. The molecule has 7 nitrogen and oxygen atoms in total. The summed E-state index contributed by atoms with van der Waals surface area (Å²) >= 11 is 0. The number of carbonyl (C=O) groups is 1. The van der Waals surface area contributed by atoms with Crippen LogP contribution in [0.25, 0.3) is 0 Å². The molecule has 0 aliphatic heterocycles. The molecule has 1 amide bonds. The Labute approximate surface area is 124 Å². The van der Waals surface area contributed by atoms with Crippen LogP contribution in [-0.2, 0) is 10.0 Å². The van der Waals surface area contributed by atoms with E-state index in [4.69, 9.17) is 4.42 Å². The third kappa shape index (κ3) is 2.70. The summed E-state index contributed by atoms with van der Waals surface area (Å²) in [4.78, 5) is 12.1. The summed E-state index contributed by atoms with van der Waals surface area (Å²) in [5.74, 6) is -0.548. The van der Waals surface area contributed by atoms with Crippen LogP contribution in [0.2, 0.25) is 0 Å². The first-order chi connectivity index (χ1) is 9.56. The summed E-state index contributed by atoms with van der Waals surface area (Å²) in [7, 11) is -0.925. The molecule has 1 aliphatic carbocycles. The van der Waals surface area contributed by atoms with E-state index in [0.717, 1.165) is 4.31 Å². The highest BCUT2D eigenvalue weighted by Gasteiger charge is 2.48. The van der Waals surface area contributed by atoms with E-state index in [1.165, 1.54) is 26.2 Å². The van der Waals surface area contributed by atoms with Crippen LogP contribution in [0.5, 0.6) is 0 Å². The molecule has 1 aromatic rings. The molecule has 1 heterocycles. The molecule has 1 aromatic heterocycles. The summed E-state index contributed by atoms with van der Waals surface area (Å²) in [5, 5.41) is 12.1. The van der Waals surface area contributed by atoms with E-state index in [1.54, 1.807) is 0 Å². The Bertz CT molecular complexity index is 647. The van der Waals surface area contributed by atoms with Gasteiger partial charge in [0.15, 0.2) is 5.76 Å². The van der Waals surface area contributed by atoms with Gasteiger partial charge in [0.1, 0.15) is 0 Å². The van der Waals surface area contributed by atoms with E-state index in [9.17, 15) is 18.3 Å². The molecule has 2 atom stereocenters. The number of carbonyl (C=O) groups excluding carboxylic acids is 1. The van der Waals surface area contributed by atoms with Gasteiger partial charge in [-0.25, -0.2) is 12.7 Å². The molecule has 118 valence electrons. The van der Waals surface area contributed by atoms with Crippen molar-refractivity contribution in [3.05, 3.63) is 17.9 Å². The predicted octanol–water partition coefficient (Wildman–Crippen LogP) is 0.419. The Kier molecular flexibility index (Phi) is 3.90. The van der Waals surface area contributed by atoms with Gasteiger partial charge in [-0.2, -0.15) is 0 Å². The minimum Gasteiger partial charge on any atom is -0.438 e. The molecule has 2 N–H and O–H groups in total. The van der Waals surface area contributed by atoms with Crippen molar-refractivity contribution in [2.45, 2.75) is 37.5 Å². The highest BCUT2D eigenvalue weighted by atomic mass is 32.2. The monoisotopic (exact) mass is 316 g/mol. The standard InChI is InChI=1S/C13H20N2O5S/c1-13(2)9(7-10(13)16)14-12(17)8-5-6-11(20-8)21(18,19)15(3)4/h5-6,9-10,16H,7H2,1-4H3,(H,14,17). The average Bonchev–Trinajstić information content (AvgIpc) is 2.88. The summed E-state index contributed by atoms with van der Waals surface area (Å²) in [6.07, 6.45) is 0.0200. The van der Waals surface area contributed by atoms with Gasteiger partial charge in [-0.1, -0.05) is 13.8 Å². The lowest BCUT2D eigenvalue weighted by Crippen LogP contribution is -2.61. The molecule has 1 aliphatic rings. The fourth-order valence-corrected chi connectivity index (χ4v) is 2.93. The van der Waals surface area contributed by atoms with Gasteiger partial charge in [-0.3, -0.25) is 4.79 Å². The lowest BCUT2D eigenvalue weighted by atomic mass is 9.64. The molecular weight excluding hydrogens is 296 g/mol. The Balaban J connectivity index is 2.11. The van der Waals surface area contributed by atoms with E-state index in [0.29, 0.717) is 6.42 Å². The molecule has 21 heavy (non-hydrogen) atoms. The van der Waals surface area contributed by atoms with Gasteiger partial charge in [0.05, 0.1) is 6.10 Å². The maximum atomic E-state index is 12.1. The molecule has 1 saturated carbocycles. The number of hydrogen-bond donors (Lipinski definition) is 2. The van der Waals surface area contributed by atoms with E-state index in [1.807, 2.05) is 13.8 Å². The first-order valence-corrected chi connectivity index (χ1v) is 8.02. The second-order valence-electron chi connectivity index (χ2n) is 6.01. The zero-order valence-corrected chi connectivity index (χ0v) is 13.3. The normalized spacial score (nSPS) is 24.7. The quantitative estimate of drug-likeness (QED) is 0.838. The topological polar surface area (TPSA) is 99.9 Å². The molecule has 0 saturated heterocycles. The fourth-order valence-electron chi connectivity index (χ4n) is 2.14. The lowest BCUT2D eigenvalue weighted by molar-refractivity contribution is -0.0691. The molecule has 2 unspecified atom stereocenters. The molecular formula is C13H20N2O5S. The Morgan fingerprint density at radius 2 is 2.05 bits per heavy atom. The third-order valence-electron chi connectivity index (χ3n) is 4.06. The number of aliphatic hydroxyl groups excluding tert-OH is 1. The zero-order chi connectivity index (χ0) is 16.0. The van der Waals surface area contributed by atoms with Gasteiger partial charge in [-0.05, 0) is 18.6 Å². The second kappa shape index (κ2) is 5.11. The molecule has 2 rings (SSSR count). The van der Waals surface area contributed by atoms with Crippen molar-refractivity contribution in [3.8, 4) is 0 Å². The molecule has 0 spiro atoms. The fraction of sp³-hybridized carbons (Fsp3) is 0.615. The van der Waals surface area contributed by atoms with Gasteiger partial charge in [0.2, 0.25) is 5.09 Å². The smallest absolute Gasteiger partial charge is 0.287 e. The minimum absolute atomic E-state index is 0.0624. The van der Waals surface area contributed by atoms with Gasteiger partial charge in [0.25, 0.3) is 15.9 Å². The van der Waals surface area contributed by atoms with Crippen molar-refractivity contribution < 1.29 is 22.7 Å². The van der Waals surface area contributed by atoms with Crippen LogP contribution in [0.3, 0.4) is 0 Å². The van der Waals surface area contributed by atoms with Crippen molar-refractivity contribution in [3.63, 3.8) is 0 Å². The number of furan rings is 1. The Morgan fingerprint density at radius 3 is 2.52 bits per heavy atom. The van der Waals surface area contributed by atoms with Crippen LogP contribution in [0.4, 0.5) is 0 Å². The van der Waals surface area contributed by atoms with Crippen molar-refractivity contribution >= 4 is 15.9 Å². The number of aliphatic hydroxyl groups is 1. The first kappa shape index (κ1) is 16.0. The minimum atomic E-state index is -3.69. The van der Waals surface area contributed by atoms with E-state index in [-0.39, 0.29) is 16.9 Å². The summed E-state index contributed by atoms with van der Waals surface area (Å²) in [6.45, 7) is 3.71. The van der Waals surface area contributed by atoms with Crippen LogP contribution in [-0.4, -0.2) is 50.0 Å². The third-order valence-corrected chi connectivity index (χ3v) is 5.75. The highest BCUT2D eigenvalue weighted by Crippen LogP contribution is 2.40. The van der Waals surface area contributed by atoms with Gasteiger partial charge in [0, 0.05) is 25.6 Å². The number of rotatable bonds is 4. The maximum Gasteiger partial charge on any atom is 0.287 e.